The van der Waals surface area contributed by atoms with Crippen molar-refractivity contribution in [1.82, 2.24) is 19.6 Å². The molecule has 1 unspecified atom stereocenters. The molecule has 0 saturated carbocycles. The number of nitrogens with zero attached hydrogens (tertiary/aromatic N) is 4. The highest BCUT2D eigenvalue weighted by Gasteiger charge is 2.30. The van der Waals surface area contributed by atoms with Gasteiger partial charge in [0.05, 0.1) is 6.61 Å². The molecule has 3 heterocycles. The largest absolute Gasteiger partial charge is 0.383 e. The van der Waals surface area contributed by atoms with Gasteiger partial charge in [0, 0.05) is 65.0 Å². The van der Waals surface area contributed by atoms with Gasteiger partial charge < -0.3 is 20.3 Å². The third-order valence-corrected chi connectivity index (χ3v) is 7.95. The van der Waals surface area contributed by atoms with Crippen LogP contribution in [0.2, 0.25) is 0 Å². The Kier molecular flexibility index (Phi) is 9.38. The minimum atomic E-state index is 0.470. The lowest BCUT2D eigenvalue weighted by Gasteiger charge is -2.44. The fourth-order valence-corrected chi connectivity index (χ4v) is 5.82. The second kappa shape index (κ2) is 12.4. The maximum absolute atomic E-state index is 5.86. The molecule has 0 bridgehead atoms. The number of benzene rings is 1. The summed E-state index contributed by atoms with van der Waals surface area (Å²) in [7, 11) is 1.80. The zero-order chi connectivity index (χ0) is 22.2. The second-order valence-corrected chi connectivity index (χ2v) is 9.96. The van der Waals surface area contributed by atoms with Gasteiger partial charge in [-0.3, -0.25) is 9.80 Å². The van der Waals surface area contributed by atoms with E-state index in [0.29, 0.717) is 12.6 Å². The van der Waals surface area contributed by atoms with Gasteiger partial charge in [0.1, 0.15) is 0 Å². The van der Waals surface area contributed by atoms with E-state index in [9.17, 15) is 0 Å². The Bertz CT molecular complexity index is 647. The number of piperidine rings is 2. The molecule has 0 aromatic heterocycles. The molecular formula is C26H45N5O. The molecule has 0 spiro atoms. The van der Waals surface area contributed by atoms with Crippen LogP contribution in [0.3, 0.4) is 0 Å². The number of hydrogen-bond acceptors (Lipinski definition) is 6. The van der Waals surface area contributed by atoms with E-state index in [0.717, 1.165) is 51.9 Å². The summed E-state index contributed by atoms with van der Waals surface area (Å²) >= 11 is 0. The Labute approximate surface area is 195 Å². The van der Waals surface area contributed by atoms with Gasteiger partial charge in [-0.25, -0.2) is 0 Å². The predicted octanol–water partition coefficient (Wildman–Crippen LogP) is 2.40. The van der Waals surface area contributed by atoms with Gasteiger partial charge in [-0.1, -0.05) is 30.7 Å². The molecule has 3 fully saturated rings. The van der Waals surface area contributed by atoms with Crippen molar-refractivity contribution in [2.75, 3.05) is 79.2 Å². The van der Waals surface area contributed by atoms with E-state index >= 15 is 0 Å². The fourth-order valence-electron chi connectivity index (χ4n) is 5.82. The number of nitrogens with two attached hydrogens (primary N) is 1. The molecule has 1 aromatic rings. The standard InChI is InChI=1S/C26H45N5O/c1-32-20-19-28-15-17-31(18-16-28)26(24-7-5-23(21-27)6-8-24)22-29-13-9-25(10-14-29)30-11-3-2-4-12-30/h5-8,25-26H,2-4,9-22,27H2,1H3. The van der Waals surface area contributed by atoms with Gasteiger partial charge in [-0.15, -0.1) is 0 Å². The third-order valence-electron chi connectivity index (χ3n) is 7.95. The van der Waals surface area contributed by atoms with E-state index in [1.54, 1.807) is 7.11 Å². The quantitative estimate of drug-likeness (QED) is 0.633. The van der Waals surface area contributed by atoms with Crippen molar-refractivity contribution in [3.8, 4) is 0 Å². The van der Waals surface area contributed by atoms with Gasteiger partial charge in [0.15, 0.2) is 0 Å². The number of likely N-dealkylation sites (tertiary alicyclic amines) is 2. The number of ether oxygens (including phenoxy) is 1. The lowest BCUT2D eigenvalue weighted by atomic mass is 9.97. The smallest absolute Gasteiger partial charge is 0.0589 e. The Morgan fingerprint density at radius 2 is 1.56 bits per heavy atom. The van der Waals surface area contributed by atoms with Crippen LogP contribution in [0.15, 0.2) is 24.3 Å². The first-order chi connectivity index (χ1) is 15.8. The molecule has 180 valence electrons. The molecule has 0 aliphatic carbocycles. The van der Waals surface area contributed by atoms with E-state index in [2.05, 4.69) is 43.9 Å². The minimum Gasteiger partial charge on any atom is -0.383 e. The predicted molar refractivity (Wildman–Crippen MR) is 132 cm³/mol. The van der Waals surface area contributed by atoms with Crippen LogP contribution >= 0.6 is 0 Å². The van der Waals surface area contributed by atoms with Crippen molar-refractivity contribution in [2.45, 2.75) is 50.7 Å². The monoisotopic (exact) mass is 443 g/mol. The van der Waals surface area contributed by atoms with Crippen LogP contribution in [0, 0.1) is 0 Å². The summed E-state index contributed by atoms with van der Waals surface area (Å²) < 4.78 is 5.29. The molecule has 3 saturated heterocycles. The normalized spacial score (nSPS) is 24.1. The molecule has 32 heavy (non-hydrogen) atoms. The molecule has 4 rings (SSSR count). The zero-order valence-electron chi connectivity index (χ0n) is 20.3. The summed E-state index contributed by atoms with van der Waals surface area (Å²) in [4.78, 5) is 10.8. The van der Waals surface area contributed by atoms with Crippen LogP contribution in [-0.2, 0) is 11.3 Å². The summed E-state index contributed by atoms with van der Waals surface area (Å²) in [6.45, 7) is 13.3. The molecule has 1 aromatic carbocycles. The van der Waals surface area contributed by atoms with E-state index < -0.39 is 0 Å². The zero-order valence-corrected chi connectivity index (χ0v) is 20.3. The summed E-state index contributed by atoms with van der Waals surface area (Å²) in [6, 6.07) is 10.4. The summed E-state index contributed by atoms with van der Waals surface area (Å²) in [5.74, 6) is 0. The number of methoxy groups -OCH3 is 1. The lowest BCUT2D eigenvalue weighted by Crippen LogP contribution is -2.52. The molecule has 6 heteroatoms. The molecular weight excluding hydrogens is 398 g/mol. The topological polar surface area (TPSA) is 48.2 Å². The molecule has 1 atom stereocenters. The van der Waals surface area contributed by atoms with Crippen molar-refractivity contribution in [3.63, 3.8) is 0 Å². The summed E-state index contributed by atoms with van der Waals surface area (Å²) in [5.41, 5.74) is 8.53. The Morgan fingerprint density at radius 3 is 2.19 bits per heavy atom. The fraction of sp³-hybridized carbons (Fsp3) is 0.769. The van der Waals surface area contributed by atoms with Crippen LogP contribution < -0.4 is 5.73 Å². The highest BCUT2D eigenvalue weighted by molar-refractivity contribution is 5.25. The maximum Gasteiger partial charge on any atom is 0.0589 e. The summed E-state index contributed by atoms with van der Waals surface area (Å²) in [5, 5.41) is 0. The van der Waals surface area contributed by atoms with Gasteiger partial charge in [-0.05, 0) is 63.0 Å². The van der Waals surface area contributed by atoms with Crippen LogP contribution in [0.1, 0.15) is 49.3 Å². The number of hydrogen-bond donors (Lipinski definition) is 1. The molecule has 0 radical (unpaired) electrons. The van der Waals surface area contributed by atoms with Crippen molar-refractivity contribution in [2.24, 2.45) is 5.73 Å². The Morgan fingerprint density at radius 1 is 0.875 bits per heavy atom. The van der Waals surface area contributed by atoms with Gasteiger partial charge in [0.25, 0.3) is 0 Å². The SMILES string of the molecule is COCCN1CCN(C(CN2CCC(N3CCCCC3)CC2)c2ccc(CN)cc2)CC1. The third kappa shape index (κ3) is 6.52. The maximum atomic E-state index is 5.86. The van der Waals surface area contributed by atoms with Crippen molar-refractivity contribution >= 4 is 0 Å². The van der Waals surface area contributed by atoms with Gasteiger partial charge in [0.2, 0.25) is 0 Å². The van der Waals surface area contributed by atoms with E-state index in [-0.39, 0.29) is 0 Å². The Balaban J connectivity index is 1.36. The molecule has 3 aliphatic heterocycles. The van der Waals surface area contributed by atoms with Gasteiger partial charge >= 0.3 is 0 Å². The molecule has 3 aliphatic rings. The summed E-state index contributed by atoms with van der Waals surface area (Å²) in [6.07, 6.45) is 6.90. The minimum absolute atomic E-state index is 0.470. The van der Waals surface area contributed by atoms with Crippen LogP contribution in [0.5, 0.6) is 0 Å². The second-order valence-electron chi connectivity index (χ2n) is 9.96. The first-order valence-corrected chi connectivity index (χ1v) is 13.0. The molecule has 6 nitrogen and oxygen atoms in total. The average Bonchev–Trinajstić information content (AvgIpc) is 2.87. The molecule has 0 amide bonds. The highest BCUT2D eigenvalue weighted by atomic mass is 16.5. The van der Waals surface area contributed by atoms with Crippen LogP contribution in [0.25, 0.3) is 0 Å². The van der Waals surface area contributed by atoms with Crippen LogP contribution in [0.4, 0.5) is 0 Å². The molecule has 2 N–H and O–H groups in total. The highest BCUT2D eigenvalue weighted by Crippen LogP contribution is 2.27. The van der Waals surface area contributed by atoms with Gasteiger partial charge in [-0.2, -0.15) is 0 Å². The number of rotatable bonds is 9. The van der Waals surface area contributed by atoms with Crippen LogP contribution in [-0.4, -0.2) is 105 Å². The first kappa shape index (κ1) is 24.1. The van der Waals surface area contributed by atoms with Crippen molar-refractivity contribution in [1.29, 1.82) is 0 Å². The average molecular weight is 444 g/mol. The van der Waals surface area contributed by atoms with Crippen molar-refractivity contribution in [3.05, 3.63) is 35.4 Å². The first-order valence-electron chi connectivity index (χ1n) is 13.0. The number of piperazine rings is 1. The van der Waals surface area contributed by atoms with E-state index in [1.807, 2.05) is 0 Å². The lowest BCUT2D eigenvalue weighted by molar-refractivity contribution is 0.0445. The van der Waals surface area contributed by atoms with E-state index in [1.165, 1.54) is 69.4 Å². The van der Waals surface area contributed by atoms with Crippen molar-refractivity contribution < 1.29 is 4.74 Å². The Hall–Kier alpha value is -1.02. The van der Waals surface area contributed by atoms with E-state index in [4.69, 9.17) is 10.5 Å².